The van der Waals surface area contributed by atoms with Crippen LogP contribution in [0.3, 0.4) is 0 Å². The molecule has 4 heteroatoms. The SMILES string of the molecule is Cc1ccc(NC(=O)CCc2ccc(N)cc2)cc1I. The maximum atomic E-state index is 11.9. The second kappa shape index (κ2) is 6.74. The zero-order valence-electron chi connectivity index (χ0n) is 11.3. The standard InChI is InChI=1S/C16H17IN2O/c1-11-2-8-14(10-15(11)17)19-16(20)9-5-12-3-6-13(18)7-4-12/h2-4,6-8,10H,5,9,18H2,1H3,(H,19,20). The fourth-order valence-corrected chi connectivity index (χ4v) is 2.35. The van der Waals surface area contributed by atoms with E-state index in [-0.39, 0.29) is 5.91 Å². The molecular weight excluding hydrogens is 363 g/mol. The Bertz CT molecular complexity index is 608. The Labute approximate surface area is 132 Å². The number of aryl methyl sites for hydroxylation is 2. The van der Waals surface area contributed by atoms with Crippen molar-refractivity contribution in [2.75, 3.05) is 11.1 Å². The van der Waals surface area contributed by atoms with Crippen LogP contribution < -0.4 is 11.1 Å². The minimum Gasteiger partial charge on any atom is -0.399 e. The van der Waals surface area contributed by atoms with Crippen molar-refractivity contribution >= 4 is 39.9 Å². The predicted molar refractivity (Wildman–Crippen MR) is 91.7 cm³/mol. The Morgan fingerprint density at radius 3 is 2.55 bits per heavy atom. The highest BCUT2D eigenvalue weighted by atomic mass is 127. The van der Waals surface area contributed by atoms with Crippen molar-refractivity contribution in [2.24, 2.45) is 0 Å². The third kappa shape index (κ3) is 4.23. The van der Waals surface area contributed by atoms with Gasteiger partial charge in [-0.15, -0.1) is 0 Å². The summed E-state index contributed by atoms with van der Waals surface area (Å²) in [4.78, 5) is 11.9. The molecule has 0 atom stereocenters. The predicted octanol–water partition coefficient (Wildman–Crippen LogP) is 3.75. The van der Waals surface area contributed by atoms with Gasteiger partial charge in [-0.25, -0.2) is 0 Å². The number of carbonyl (C=O) groups is 1. The van der Waals surface area contributed by atoms with Gasteiger partial charge in [0.25, 0.3) is 0 Å². The van der Waals surface area contributed by atoms with E-state index in [1.165, 1.54) is 5.56 Å². The van der Waals surface area contributed by atoms with Crippen molar-refractivity contribution in [1.29, 1.82) is 0 Å². The summed E-state index contributed by atoms with van der Waals surface area (Å²) in [6.45, 7) is 2.05. The quantitative estimate of drug-likeness (QED) is 0.627. The molecule has 0 aliphatic rings. The summed E-state index contributed by atoms with van der Waals surface area (Å²) >= 11 is 2.27. The van der Waals surface area contributed by atoms with Gasteiger partial charge in [-0.1, -0.05) is 18.2 Å². The van der Waals surface area contributed by atoms with E-state index in [4.69, 9.17) is 5.73 Å². The first-order valence-electron chi connectivity index (χ1n) is 6.45. The summed E-state index contributed by atoms with van der Waals surface area (Å²) in [5, 5.41) is 2.92. The molecule has 20 heavy (non-hydrogen) atoms. The van der Waals surface area contributed by atoms with Gasteiger partial charge in [-0.3, -0.25) is 4.79 Å². The number of hydrogen-bond donors (Lipinski definition) is 2. The van der Waals surface area contributed by atoms with E-state index in [1.807, 2.05) is 42.5 Å². The third-order valence-corrected chi connectivity index (χ3v) is 4.24. The molecule has 104 valence electrons. The van der Waals surface area contributed by atoms with Crippen LogP contribution >= 0.6 is 22.6 Å². The van der Waals surface area contributed by atoms with Crippen LogP contribution in [-0.2, 0) is 11.2 Å². The molecule has 0 aliphatic heterocycles. The van der Waals surface area contributed by atoms with Gasteiger partial charge in [0.05, 0.1) is 0 Å². The average molecular weight is 380 g/mol. The Hall–Kier alpha value is -1.56. The number of rotatable bonds is 4. The lowest BCUT2D eigenvalue weighted by Crippen LogP contribution is -2.12. The lowest BCUT2D eigenvalue weighted by Gasteiger charge is -2.07. The zero-order chi connectivity index (χ0) is 14.5. The summed E-state index contributed by atoms with van der Waals surface area (Å²) in [6.07, 6.45) is 1.18. The van der Waals surface area contributed by atoms with Crippen LogP contribution in [-0.4, -0.2) is 5.91 Å². The van der Waals surface area contributed by atoms with Crippen LogP contribution in [0.15, 0.2) is 42.5 Å². The van der Waals surface area contributed by atoms with Gasteiger partial charge in [-0.05, 0) is 71.3 Å². The summed E-state index contributed by atoms with van der Waals surface area (Å²) in [7, 11) is 0. The molecule has 2 aromatic carbocycles. The maximum Gasteiger partial charge on any atom is 0.224 e. The average Bonchev–Trinajstić information content (AvgIpc) is 2.42. The van der Waals surface area contributed by atoms with Crippen LogP contribution in [0.25, 0.3) is 0 Å². The van der Waals surface area contributed by atoms with Crippen LogP contribution in [0.4, 0.5) is 11.4 Å². The number of carbonyl (C=O) groups excluding carboxylic acids is 1. The van der Waals surface area contributed by atoms with Crippen LogP contribution in [0.2, 0.25) is 0 Å². The molecule has 0 unspecified atom stereocenters. The van der Waals surface area contributed by atoms with Crippen molar-refractivity contribution in [1.82, 2.24) is 0 Å². The maximum absolute atomic E-state index is 11.9. The number of nitrogens with one attached hydrogen (secondary N) is 1. The number of nitrogen functional groups attached to an aromatic ring is 1. The monoisotopic (exact) mass is 380 g/mol. The normalized spacial score (nSPS) is 10.3. The number of hydrogen-bond acceptors (Lipinski definition) is 2. The first kappa shape index (κ1) is 14.8. The second-order valence-electron chi connectivity index (χ2n) is 4.75. The molecule has 2 rings (SSSR count). The lowest BCUT2D eigenvalue weighted by molar-refractivity contribution is -0.116. The summed E-state index contributed by atoms with van der Waals surface area (Å²) in [6, 6.07) is 13.5. The Kier molecular flexibility index (Phi) is 5.00. The zero-order valence-corrected chi connectivity index (χ0v) is 13.5. The molecule has 1 amide bonds. The van der Waals surface area contributed by atoms with Crippen molar-refractivity contribution < 1.29 is 4.79 Å². The highest BCUT2D eigenvalue weighted by molar-refractivity contribution is 14.1. The number of amides is 1. The van der Waals surface area contributed by atoms with Crippen LogP contribution in [0, 0.1) is 10.5 Å². The first-order valence-corrected chi connectivity index (χ1v) is 7.53. The lowest BCUT2D eigenvalue weighted by atomic mass is 10.1. The summed E-state index contributed by atoms with van der Waals surface area (Å²) < 4.78 is 1.15. The molecular formula is C16H17IN2O. The minimum absolute atomic E-state index is 0.0291. The van der Waals surface area contributed by atoms with Crippen LogP contribution in [0.1, 0.15) is 17.5 Å². The topological polar surface area (TPSA) is 55.1 Å². The van der Waals surface area contributed by atoms with Gasteiger partial charge in [0.2, 0.25) is 5.91 Å². The number of anilines is 2. The van der Waals surface area contributed by atoms with Gasteiger partial charge in [0.15, 0.2) is 0 Å². The van der Waals surface area contributed by atoms with Crippen LogP contribution in [0.5, 0.6) is 0 Å². The molecule has 0 saturated carbocycles. The minimum atomic E-state index is 0.0291. The van der Waals surface area contributed by atoms with Gasteiger partial charge in [-0.2, -0.15) is 0 Å². The van der Waals surface area contributed by atoms with Gasteiger partial charge >= 0.3 is 0 Å². The molecule has 3 N–H and O–H groups in total. The molecule has 0 bridgehead atoms. The summed E-state index contributed by atoms with van der Waals surface area (Å²) in [5.74, 6) is 0.0291. The number of halogens is 1. The fraction of sp³-hybridized carbons (Fsp3) is 0.188. The van der Waals surface area contributed by atoms with Crippen molar-refractivity contribution in [2.45, 2.75) is 19.8 Å². The molecule has 0 fully saturated rings. The second-order valence-corrected chi connectivity index (χ2v) is 5.92. The Morgan fingerprint density at radius 2 is 1.90 bits per heavy atom. The number of benzene rings is 2. The highest BCUT2D eigenvalue weighted by Gasteiger charge is 2.04. The molecule has 0 saturated heterocycles. The molecule has 0 aromatic heterocycles. The van der Waals surface area contributed by atoms with Gasteiger partial charge < -0.3 is 11.1 Å². The van der Waals surface area contributed by atoms with Crippen molar-refractivity contribution in [3.05, 3.63) is 57.2 Å². The highest BCUT2D eigenvalue weighted by Crippen LogP contribution is 2.17. The van der Waals surface area contributed by atoms with E-state index >= 15 is 0 Å². The van der Waals surface area contributed by atoms with E-state index in [9.17, 15) is 4.79 Å². The Morgan fingerprint density at radius 1 is 1.20 bits per heavy atom. The van der Waals surface area contributed by atoms with Crippen molar-refractivity contribution in [3.63, 3.8) is 0 Å². The van der Waals surface area contributed by atoms with E-state index in [0.717, 1.165) is 26.9 Å². The van der Waals surface area contributed by atoms with E-state index < -0.39 is 0 Å². The van der Waals surface area contributed by atoms with E-state index in [0.29, 0.717) is 6.42 Å². The third-order valence-electron chi connectivity index (χ3n) is 3.08. The summed E-state index contributed by atoms with van der Waals surface area (Å²) in [5.41, 5.74) is 9.56. The van der Waals surface area contributed by atoms with Gasteiger partial charge in [0.1, 0.15) is 0 Å². The molecule has 3 nitrogen and oxygen atoms in total. The first-order chi connectivity index (χ1) is 9.54. The van der Waals surface area contributed by atoms with E-state index in [2.05, 4.69) is 34.8 Å². The molecule has 2 aromatic rings. The largest absolute Gasteiger partial charge is 0.399 e. The molecule has 0 spiro atoms. The smallest absolute Gasteiger partial charge is 0.224 e. The number of nitrogens with two attached hydrogens (primary N) is 1. The molecule has 0 heterocycles. The fourth-order valence-electron chi connectivity index (χ4n) is 1.84. The van der Waals surface area contributed by atoms with Crippen molar-refractivity contribution in [3.8, 4) is 0 Å². The molecule has 0 radical (unpaired) electrons. The van der Waals surface area contributed by atoms with Gasteiger partial charge in [0, 0.05) is 21.4 Å². The Balaban J connectivity index is 1.89. The van der Waals surface area contributed by atoms with E-state index in [1.54, 1.807) is 0 Å². The molecule has 0 aliphatic carbocycles.